The summed E-state index contributed by atoms with van der Waals surface area (Å²) in [5, 5.41) is 4.18. The maximum absolute atomic E-state index is 12.7. The highest BCUT2D eigenvalue weighted by Gasteiger charge is 2.37. The number of imidazole rings is 1. The molecular weight excluding hydrogens is 480 g/mol. The Morgan fingerprint density at radius 3 is 2.58 bits per heavy atom. The van der Waals surface area contributed by atoms with E-state index in [0.29, 0.717) is 12.5 Å². The molecule has 3 aromatic heterocycles. The number of pyridine rings is 1. The highest BCUT2D eigenvalue weighted by Crippen LogP contribution is 2.46. The van der Waals surface area contributed by atoms with Crippen molar-refractivity contribution in [3.05, 3.63) is 53.7 Å². The molecule has 1 saturated heterocycles. The quantitative estimate of drug-likeness (QED) is 0.388. The first-order chi connectivity index (χ1) is 18.5. The zero-order valence-corrected chi connectivity index (χ0v) is 22.1. The van der Waals surface area contributed by atoms with Gasteiger partial charge in [-0.15, -0.1) is 0 Å². The van der Waals surface area contributed by atoms with Gasteiger partial charge < -0.3 is 19.1 Å². The number of nitrogens with zero attached hydrogens (tertiary/aromatic N) is 6. The zero-order valence-electron chi connectivity index (χ0n) is 22.1. The number of hydrogen-bond donors (Lipinski definition) is 0. The molecule has 9 heteroatoms. The topological polar surface area (TPSA) is 89.5 Å². The molecule has 1 aliphatic carbocycles. The number of amides is 1. The molecule has 0 N–H and O–H groups in total. The number of ether oxygens (including phenoxy) is 1. The summed E-state index contributed by atoms with van der Waals surface area (Å²) in [6.07, 6.45) is 5.78. The third-order valence-electron chi connectivity index (χ3n) is 8.39. The highest BCUT2D eigenvalue weighted by atomic mass is 16.5. The number of benzene rings is 1. The fourth-order valence-corrected chi connectivity index (χ4v) is 6.15. The van der Waals surface area contributed by atoms with E-state index in [4.69, 9.17) is 14.2 Å². The van der Waals surface area contributed by atoms with Gasteiger partial charge in [-0.3, -0.25) is 14.3 Å². The summed E-state index contributed by atoms with van der Waals surface area (Å²) in [4.78, 5) is 26.9. The SMILES string of the molecule is Cc1noc(C)c1-c1ccc2nc(N3CCC(N(C)C(=O)C4CC4)CC3)n3c2c1OC[C@@H]3c1ccccn1. The van der Waals surface area contributed by atoms with Crippen LogP contribution in [0.5, 0.6) is 5.75 Å². The Balaban J connectivity index is 1.30. The highest BCUT2D eigenvalue weighted by molar-refractivity contribution is 5.94. The predicted octanol–water partition coefficient (Wildman–Crippen LogP) is 4.52. The van der Waals surface area contributed by atoms with Crippen LogP contribution in [-0.2, 0) is 4.79 Å². The lowest BCUT2D eigenvalue weighted by atomic mass is 10.0. The molecule has 1 saturated carbocycles. The monoisotopic (exact) mass is 512 g/mol. The van der Waals surface area contributed by atoms with Gasteiger partial charge in [0, 0.05) is 43.9 Å². The molecule has 2 fully saturated rings. The van der Waals surface area contributed by atoms with E-state index in [1.54, 1.807) is 0 Å². The van der Waals surface area contributed by atoms with E-state index in [-0.39, 0.29) is 18.0 Å². The standard InChI is InChI=1S/C29H32N6O3/c1-17-25(18(2)38-32-17)21-9-10-23-26-27(21)37-16-24(22-6-4-5-13-30-22)35(26)29(31-23)34-14-11-20(12-15-34)33(3)28(36)19-7-8-19/h4-6,9-10,13,19-20,24H,7-8,11-12,14-16H2,1-3H3/t24-/m1/s1. The van der Waals surface area contributed by atoms with Gasteiger partial charge in [-0.05, 0) is 63.8 Å². The maximum atomic E-state index is 12.7. The number of carbonyl (C=O) groups is 1. The maximum Gasteiger partial charge on any atom is 0.225 e. The molecule has 3 aliphatic rings. The van der Waals surface area contributed by atoms with Crippen LogP contribution in [0.4, 0.5) is 5.95 Å². The number of anilines is 1. The van der Waals surface area contributed by atoms with Crippen LogP contribution in [0.3, 0.4) is 0 Å². The van der Waals surface area contributed by atoms with E-state index >= 15 is 0 Å². The van der Waals surface area contributed by atoms with E-state index in [1.165, 1.54) is 0 Å². The van der Waals surface area contributed by atoms with Crippen LogP contribution in [0.15, 0.2) is 41.1 Å². The van der Waals surface area contributed by atoms with Crippen molar-refractivity contribution in [3.63, 3.8) is 0 Å². The second-order valence-corrected chi connectivity index (χ2v) is 10.8. The van der Waals surface area contributed by atoms with Crippen molar-refractivity contribution >= 4 is 22.9 Å². The van der Waals surface area contributed by atoms with E-state index in [9.17, 15) is 4.79 Å². The first kappa shape index (κ1) is 23.3. The van der Waals surface area contributed by atoms with Gasteiger partial charge in [0.2, 0.25) is 11.9 Å². The van der Waals surface area contributed by atoms with Gasteiger partial charge >= 0.3 is 0 Å². The van der Waals surface area contributed by atoms with Crippen LogP contribution < -0.4 is 9.64 Å². The molecule has 196 valence electrons. The van der Waals surface area contributed by atoms with E-state index in [1.807, 2.05) is 44.1 Å². The van der Waals surface area contributed by atoms with Gasteiger partial charge in [0.25, 0.3) is 0 Å². The minimum Gasteiger partial charge on any atom is -0.488 e. The van der Waals surface area contributed by atoms with E-state index in [2.05, 4.69) is 37.8 Å². The summed E-state index contributed by atoms with van der Waals surface area (Å²) >= 11 is 0. The summed E-state index contributed by atoms with van der Waals surface area (Å²) in [7, 11) is 1.98. The molecule has 2 aliphatic heterocycles. The number of aromatic nitrogens is 4. The predicted molar refractivity (Wildman–Crippen MR) is 143 cm³/mol. The second kappa shape index (κ2) is 8.85. The molecule has 0 bridgehead atoms. The molecule has 4 aromatic rings. The van der Waals surface area contributed by atoms with Crippen LogP contribution in [-0.4, -0.2) is 63.3 Å². The van der Waals surface area contributed by atoms with Crippen LogP contribution in [0.1, 0.15) is 48.9 Å². The Bertz CT molecular complexity index is 1490. The van der Waals surface area contributed by atoms with Gasteiger partial charge in [-0.1, -0.05) is 11.2 Å². The number of aryl methyl sites for hydroxylation is 2. The Morgan fingerprint density at radius 1 is 1.08 bits per heavy atom. The van der Waals surface area contributed by atoms with Crippen molar-refractivity contribution in [2.45, 2.75) is 51.6 Å². The van der Waals surface area contributed by atoms with Gasteiger partial charge in [0.15, 0.2) is 5.75 Å². The molecule has 5 heterocycles. The largest absolute Gasteiger partial charge is 0.488 e. The smallest absolute Gasteiger partial charge is 0.225 e. The van der Waals surface area contributed by atoms with Crippen LogP contribution >= 0.6 is 0 Å². The molecule has 1 aromatic carbocycles. The number of piperidine rings is 1. The minimum atomic E-state index is -0.0968. The van der Waals surface area contributed by atoms with Gasteiger partial charge in [-0.2, -0.15) is 0 Å². The number of rotatable bonds is 5. The van der Waals surface area contributed by atoms with Crippen LogP contribution in [0.2, 0.25) is 0 Å². The number of hydrogen-bond acceptors (Lipinski definition) is 7. The van der Waals surface area contributed by atoms with Crippen molar-refractivity contribution in [2.24, 2.45) is 5.92 Å². The molecule has 0 unspecified atom stereocenters. The average Bonchev–Trinajstić information content (AvgIpc) is 3.66. The molecule has 9 nitrogen and oxygen atoms in total. The normalized spacial score (nSPS) is 19.6. The van der Waals surface area contributed by atoms with E-state index in [0.717, 1.165) is 89.8 Å². The van der Waals surface area contributed by atoms with E-state index < -0.39 is 0 Å². The summed E-state index contributed by atoms with van der Waals surface area (Å²) < 4.78 is 14.3. The third kappa shape index (κ3) is 3.67. The summed E-state index contributed by atoms with van der Waals surface area (Å²) in [6.45, 7) is 6.04. The Labute approximate surface area is 221 Å². The van der Waals surface area contributed by atoms with Gasteiger partial charge in [0.05, 0.1) is 22.5 Å². The van der Waals surface area contributed by atoms with Crippen LogP contribution in [0.25, 0.3) is 22.2 Å². The van der Waals surface area contributed by atoms with Crippen molar-refractivity contribution < 1.29 is 14.1 Å². The molecule has 0 radical (unpaired) electrons. The third-order valence-corrected chi connectivity index (χ3v) is 8.39. The molecule has 1 amide bonds. The lowest BCUT2D eigenvalue weighted by Crippen LogP contribution is -2.47. The lowest BCUT2D eigenvalue weighted by molar-refractivity contribution is -0.133. The minimum absolute atomic E-state index is 0.0968. The van der Waals surface area contributed by atoms with Crippen molar-refractivity contribution in [1.29, 1.82) is 0 Å². The van der Waals surface area contributed by atoms with Crippen molar-refractivity contribution in [1.82, 2.24) is 24.6 Å². The first-order valence-corrected chi connectivity index (χ1v) is 13.5. The van der Waals surface area contributed by atoms with Crippen molar-refractivity contribution in [2.75, 3.05) is 31.6 Å². The second-order valence-electron chi connectivity index (χ2n) is 10.8. The molecular formula is C29H32N6O3. The fourth-order valence-electron chi connectivity index (χ4n) is 6.15. The summed E-state index contributed by atoms with van der Waals surface area (Å²) in [5.41, 5.74) is 5.60. The Kier molecular flexibility index (Phi) is 5.42. The van der Waals surface area contributed by atoms with Gasteiger partial charge in [0.1, 0.15) is 23.9 Å². The number of carbonyl (C=O) groups excluding carboxylic acids is 1. The van der Waals surface area contributed by atoms with Gasteiger partial charge in [-0.25, -0.2) is 4.98 Å². The fraction of sp³-hybridized carbons (Fsp3) is 0.448. The average molecular weight is 513 g/mol. The van der Waals surface area contributed by atoms with Crippen molar-refractivity contribution in [3.8, 4) is 16.9 Å². The summed E-state index contributed by atoms with van der Waals surface area (Å²) in [5.74, 6) is 3.09. The molecule has 1 atom stereocenters. The molecule has 38 heavy (non-hydrogen) atoms. The Morgan fingerprint density at radius 2 is 1.89 bits per heavy atom. The Hall–Kier alpha value is -3.88. The lowest BCUT2D eigenvalue weighted by Gasteiger charge is -2.38. The zero-order chi connectivity index (χ0) is 26.0. The first-order valence-electron chi connectivity index (χ1n) is 13.5. The summed E-state index contributed by atoms with van der Waals surface area (Å²) in [6, 6.07) is 10.3. The molecule has 0 spiro atoms. The van der Waals surface area contributed by atoms with Crippen LogP contribution in [0, 0.1) is 19.8 Å². The molecule has 7 rings (SSSR count).